The van der Waals surface area contributed by atoms with E-state index in [1.165, 1.54) is 0 Å². The highest BCUT2D eigenvalue weighted by molar-refractivity contribution is 5.40. The Bertz CT molecular complexity index is 470. The zero-order valence-electron chi connectivity index (χ0n) is 8.86. The number of terminal acetylenes is 1. The Labute approximate surface area is 95.0 Å². The van der Waals surface area contributed by atoms with Crippen LogP contribution in [0.2, 0.25) is 0 Å². The predicted octanol–water partition coefficient (Wildman–Crippen LogP) is 1.16. The van der Waals surface area contributed by atoms with Gasteiger partial charge in [0, 0.05) is 0 Å². The zero-order valence-corrected chi connectivity index (χ0v) is 8.86. The first-order chi connectivity index (χ1) is 7.82. The summed E-state index contributed by atoms with van der Waals surface area (Å²) in [4.78, 5) is 0. The maximum absolute atomic E-state index is 9.35. The van der Waals surface area contributed by atoms with Crippen molar-refractivity contribution in [2.24, 2.45) is 0 Å². The molecule has 1 aliphatic heterocycles. The molecule has 1 atom stereocenters. The summed E-state index contributed by atoms with van der Waals surface area (Å²) in [6.07, 6.45) is 5.22. The highest BCUT2D eigenvalue weighted by atomic mass is 16.5. The molecule has 1 unspecified atom stereocenters. The van der Waals surface area contributed by atoms with E-state index < -0.39 is 5.54 Å². The molecule has 0 amide bonds. The lowest BCUT2D eigenvalue weighted by molar-refractivity contribution is 0.0598. The van der Waals surface area contributed by atoms with E-state index in [1.807, 2.05) is 24.3 Å². The molecule has 0 spiro atoms. The van der Waals surface area contributed by atoms with Gasteiger partial charge in [0.2, 0.25) is 0 Å². The van der Waals surface area contributed by atoms with Gasteiger partial charge in [0.25, 0.3) is 0 Å². The molecule has 2 rings (SSSR count). The quantitative estimate of drug-likeness (QED) is 0.748. The van der Waals surface area contributed by atoms with Crippen molar-refractivity contribution in [2.75, 3.05) is 13.2 Å². The molecule has 3 heteroatoms. The maximum Gasteiger partial charge on any atom is 0.156 e. The fourth-order valence-corrected chi connectivity index (χ4v) is 1.93. The van der Waals surface area contributed by atoms with Gasteiger partial charge in [-0.15, -0.1) is 6.42 Å². The molecule has 16 heavy (non-hydrogen) atoms. The summed E-state index contributed by atoms with van der Waals surface area (Å²) < 4.78 is 5.45. The second-order valence-corrected chi connectivity index (χ2v) is 3.72. The largest absolute Gasteiger partial charge is 0.373 e. The number of nitriles is 1. The first-order valence-electron chi connectivity index (χ1n) is 5.08. The third kappa shape index (κ3) is 1.67. The van der Waals surface area contributed by atoms with Crippen molar-refractivity contribution in [3.8, 4) is 18.4 Å². The second-order valence-electron chi connectivity index (χ2n) is 3.72. The molecule has 1 N–H and O–H groups in total. The summed E-state index contributed by atoms with van der Waals surface area (Å²) >= 11 is 0. The fraction of sp³-hybridized carbons (Fsp3) is 0.308. The van der Waals surface area contributed by atoms with E-state index in [9.17, 15) is 5.26 Å². The molecule has 0 aromatic heterocycles. The molecular formula is C13H12N2O. The third-order valence-electron chi connectivity index (χ3n) is 2.74. The van der Waals surface area contributed by atoms with Crippen molar-refractivity contribution >= 4 is 0 Å². The summed E-state index contributed by atoms with van der Waals surface area (Å²) in [6, 6.07) is 10.1. The van der Waals surface area contributed by atoms with Gasteiger partial charge in [0.05, 0.1) is 25.8 Å². The number of hydrogen-bond donors (Lipinski definition) is 1. The topological polar surface area (TPSA) is 45.0 Å². The molecule has 0 aliphatic carbocycles. The highest BCUT2D eigenvalue weighted by Gasteiger charge is 2.36. The van der Waals surface area contributed by atoms with E-state index in [0.717, 1.165) is 11.1 Å². The Balaban J connectivity index is 2.43. The van der Waals surface area contributed by atoms with Crippen LogP contribution in [0.4, 0.5) is 0 Å². The Morgan fingerprint density at radius 2 is 2.31 bits per heavy atom. The van der Waals surface area contributed by atoms with E-state index in [1.54, 1.807) is 0 Å². The monoisotopic (exact) mass is 212 g/mol. The van der Waals surface area contributed by atoms with Crippen LogP contribution in [-0.2, 0) is 16.9 Å². The normalized spacial score (nSPS) is 22.9. The van der Waals surface area contributed by atoms with Crippen molar-refractivity contribution in [3.63, 3.8) is 0 Å². The van der Waals surface area contributed by atoms with Gasteiger partial charge in [-0.2, -0.15) is 5.26 Å². The number of benzene rings is 1. The molecule has 1 heterocycles. The van der Waals surface area contributed by atoms with Gasteiger partial charge in [0.1, 0.15) is 0 Å². The van der Waals surface area contributed by atoms with Gasteiger partial charge in [0.15, 0.2) is 5.54 Å². The standard InChI is InChI=1S/C13H12N2O/c1-2-7-15-13(9-14)10-16-8-11-5-3-4-6-12(11)13/h1,3-6,15H,7-8,10H2. The van der Waals surface area contributed by atoms with Crippen LogP contribution in [-0.4, -0.2) is 13.2 Å². The lowest BCUT2D eigenvalue weighted by Gasteiger charge is -2.33. The Morgan fingerprint density at radius 1 is 1.50 bits per heavy atom. The summed E-state index contributed by atoms with van der Waals surface area (Å²) in [5.74, 6) is 2.49. The molecule has 1 aromatic carbocycles. The summed E-state index contributed by atoms with van der Waals surface area (Å²) in [5, 5.41) is 12.4. The molecule has 0 fully saturated rings. The zero-order chi connectivity index (χ0) is 11.4. The maximum atomic E-state index is 9.35. The van der Waals surface area contributed by atoms with Gasteiger partial charge in [-0.25, -0.2) is 0 Å². The van der Waals surface area contributed by atoms with Crippen molar-refractivity contribution in [2.45, 2.75) is 12.1 Å². The summed E-state index contributed by atoms with van der Waals surface area (Å²) in [7, 11) is 0. The number of hydrogen-bond acceptors (Lipinski definition) is 3. The molecule has 0 radical (unpaired) electrons. The summed E-state index contributed by atoms with van der Waals surface area (Å²) in [6.45, 7) is 1.24. The van der Waals surface area contributed by atoms with Crippen LogP contribution in [0.1, 0.15) is 11.1 Å². The first-order valence-corrected chi connectivity index (χ1v) is 5.08. The van der Waals surface area contributed by atoms with E-state index in [0.29, 0.717) is 19.8 Å². The van der Waals surface area contributed by atoms with Crippen molar-refractivity contribution in [3.05, 3.63) is 35.4 Å². The van der Waals surface area contributed by atoms with Crippen molar-refractivity contribution in [1.29, 1.82) is 5.26 Å². The second kappa shape index (κ2) is 4.37. The molecule has 80 valence electrons. The Kier molecular flexibility index (Phi) is 2.92. The lowest BCUT2D eigenvalue weighted by atomic mass is 9.86. The number of rotatable bonds is 2. The molecule has 0 saturated carbocycles. The van der Waals surface area contributed by atoms with Crippen molar-refractivity contribution < 1.29 is 4.74 Å². The number of ether oxygens (including phenoxy) is 1. The number of fused-ring (bicyclic) bond motifs is 1. The predicted molar refractivity (Wildman–Crippen MR) is 60.2 cm³/mol. The Hall–Kier alpha value is -1.81. The van der Waals surface area contributed by atoms with Gasteiger partial charge < -0.3 is 4.74 Å². The minimum atomic E-state index is -0.804. The summed E-state index contributed by atoms with van der Waals surface area (Å²) in [5.41, 5.74) is 1.21. The molecule has 1 aliphatic rings. The van der Waals surface area contributed by atoms with Crippen LogP contribution >= 0.6 is 0 Å². The van der Waals surface area contributed by atoms with Crippen molar-refractivity contribution in [1.82, 2.24) is 5.32 Å². The van der Waals surface area contributed by atoms with Gasteiger partial charge in [-0.1, -0.05) is 30.2 Å². The minimum Gasteiger partial charge on any atom is -0.373 e. The molecule has 1 aromatic rings. The lowest BCUT2D eigenvalue weighted by Crippen LogP contribution is -2.48. The van der Waals surface area contributed by atoms with Crippen LogP contribution in [0, 0.1) is 23.7 Å². The van der Waals surface area contributed by atoms with Crippen LogP contribution < -0.4 is 5.32 Å². The van der Waals surface area contributed by atoms with Gasteiger partial charge in [-0.05, 0) is 11.1 Å². The van der Waals surface area contributed by atoms with Crippen LogP contribution in [0.5, 0.6) is 0 Å². The Morgan fingerprint density at radius 3 is 3.06 bits per heavy atom. The number of nitrogens with zero attached hydrogens (tertiary/aromatic N) is 1. The molecule has 3 nitrogen and oxygen atoms in total. The molecule has 0 bridgehead atoms. The SMILES string of the molecule is C#CCNC1(C#N)COCc2ccccc21. The van der Waals surface area contributed by atoms with Crippen LogP contribution in [0.3, 0.4) is 0 Å². The van der Waals surface area contributed by atoms with E-state index in [4.69, 9.17) is 11.2 Å². The minimum absolute atomic E-state index is 0.336. The van der Waals surface area contributed by atoms with Gasteiger partial charge >= 0.3 is 0 Å². The van der Waals surface area contributed by atoms with Crippen LogP contribution in [0.25, 0.3) is 0 Å². The van der Waals surface area contributed by atoms with E-state index >= 15 is 0 Å². The smallest absolute Gasteiger partial charge is 0.156 e. The van der Waals surface area contributed by atoms with E-state index in [-0.39, 0.29) is 0 Å². The average Bonchev–Trinajstić information content (AvgIpc) is 2.36. The third-order valence-corrected chi connectivity index (χ3v) is 2.74. The number of nitrogens with one attached hydrogen (secondary N) is 1. The first kappa shape index (κ1) is 10.7. The van der Waals surface area contributed by atoms with E-state index in [2.05, 4.69) is 17.3 Å². The average molecular weight is 212 g/mol. The molecule has 0 saturated heterocycles. The highest BCUT2D eigenvalue weighted by Crippen LogP contribution is 2.29. The van der Waals surface area contributed by atoms with Gasteiger partial charge in [-0.3, -0.25) is 5.32 Å². The molecular weight excluding hydrogens is 200 g/mol. The fourth-order valence-electron chi connectivity index (χ4n) is 1.93. The van der Waals surface area contributed by atoms with Crippen LogP contribution in [0.15, 0.2) is 24.3 Å².